The highest BCUT2D eigenvalue weighted by Crippen LogP contribution is 2.45. The van der Waals surface area contributed by atoms with Crippen molar-refractivity contribution in [2.24, 2.45) is 17.8 Å². The second kappa shape index (κ2) is 60.0. The molecule has 2 unspecified atom stereocenters. The lowest BCUT2D eigenvalue weighted by Crippen LogP contribution is -2.30. The summed E-state index contributed by atoms with van der Waals surface area (Å²) in [6, 6.07) is 0. The molecule has 0 fully saturated rings. The van der Waals surface area contributed by atoms with Gasteiger partial charge in [0, 0.05) is 25.7 Å². The highest BCUT2D eigenvalue weighted by atomic mass is 31.2. The van der Waals surface area contributed by atoms with Crippen LogP contribution in [-0.4, -0.2) is 96.7 Å². The fraction of sp³-hybridized carbons (Fsp3) is 0.942. The van der Waals surface area contributed by atoms with Gasteiger partial charge in [-0.25, -0.2) is 9.13 Å². The Balaban J connectivity index is 5.20. The number of phosphoric ester groups is 2. The molecule has 0 rings (SSSR count). The second-order valence-corrected chi connectivity index (χ2v) is 29.3. The van der Waals surface area contributed by atoms with Gasteiger partial charge in [-0.05, 0) is 43.4 Å². The maximum Gasteiger partial charge on any atom is 0.472 e. The van der Waals surface area contributed by atoms with Gasteiger partial charge in [0.1, 0.15) is 19.3 Å². The van der Waals surface area contributed by atoms with Crippen molar-refractivity contribution in [1.29, 1.82) is 0 Å². The fourth-order valence-electron chi connectivity index (χ4n) is 10.4. The molecule has 522 valence electrons. The Bertz CT molecular complexity index is 1730. The molecule has 0 saturated heterocycles. The summed E-state index contributed by atoms with van der Waals surface area (Å²) in [5.74, 6) is 0.0181. The molecular formula is C69H134O17P2. The minimum absolute atomic E-state index is 0.101. The molecule has 5 atom stereocenters. The van der Waals surface area contributed by atoms with Crippen molar-refractivity contribution in [3.63, 3.8) is 0 Å². The van der Waals surface area contributed by atoms with Crippen LogP contribution in [0.5, 0.6) is 0 Å². The third-order valence-electron chi connectivity index (χ3n) is 15.9. The minimum atomic E-state index is -4.95. The van der Waals surface area contributed by atoms with Crippen LogP contribution >= 0.6 is 15.6 Å². The van der Waals surface area contributed by atoms with Gasteiger partial charge in [0.05, 0.1) is 26.4 Å². The Morgan fingerprint density at radius 1 is 0.307 bits per heavy atom. The maximum atomic E-state index is 13.0. The Hall–Kier alpha value is -1.94. The molecule has 17 nitrogen and oxygen atoms in total. The fourth-order valence-corrected chi connectivity index (χ4v) is 11.9. The molecule has 19 heteroatoms. The van der Waals surface area contributed by atoms with Crippen molar-refractivity contribution in [3.8, 4) is 0 Å². The molecule has 0 saturated carbocycles. The third kappa shape index (κ3) is 62.8. The molecule has 3 N–H and O–H groups in total. The number of hydrogen-bond donors (Lipinski definition) is 3. The maximum absolute atomic E-state index is 13.0. The number of phosphoric acid groups is 2. The van der Waals surface area contributed by atoms with Gasteiger partial charge in [0.25, 0.3) is 0 Å². The normalized spacial score (nSPS) is 14.2. The Morgan fingerprint density at radius 3 is 0.773 bits per heavy atom. The van der Waals surface area contributed by atoms with Crippen LogP contribution in [-0.2, 0) is 65.4 Å². The zero-order valence-corrected chi connectivity index (χ0v) is 59.0. The van der Waals surface area contributed by atoms with E-state index < -0.39 is 97.5 Å². The van der Waals surface area contributed by atoms with E-state index in [0.717, 1.165) is 102 Å². The number of aliphatic hydroxyl groups excluding tert-OH is 1. The Labute approximate surface area is 537 Å². The quantitative estimate of drug-likeness (QED) is 0.0222. The molecule has 88 heavy (non-hydrogen) atoms. The average Bonchev–Trinajstić information content (AvgIpc) is 3.67. The number of hydrogen-bond acceptors (Lipinski definition) is 15. The lowest BCUT2D eigenvalue weighted by atomic mass is 10.0. The van der Waals surface area contributed by atoms with Crippen LogP contribution in [0.4, 0.5) is 0 Å². The van der Waals surface area contributed by atoms with Crippen molar-refractivity contribution < 1.29 is 80.2 Å². The van der Waals surface area contributed by atoms with Gasteiger partial charge in [-0.1, -0.05) is 292 Å². The summed E-state index contributed by atoms with van der Waals surface area (Å²) >= 11 is 0. The van der Waals surface area contributed by atoms with Gasteiger partial charge in [-0.3, -0.25) is 37.3 Å². The summed E-state index contributed by atoms with van der Waals surface area (Å²) < 4.78 is 68.1. The Kier molecular flexibility index (Phi) is 58.7. The first-order chi connectivity index (χ1) is 42.2. The largest absolute Gasteiger partial charge is 0.472 e. The van der Waals surface area contributed by atoms with Crippen LogP contribution in [0, 0.1) is 17.8 Å². The highest BCUT2D eigenvalue weighted by Gasteiger charge is 2.30. The van der Waals surface area contributed by atoms with E-state index in [2.05, 4.69) is 48.5 Å². The summed E-state index contributed by atoms with van der Waals surface area (Å²) in [6.45, 7) is 11.7. The van der Waals surface area contributed by atoms with E-state index in [1.54, 1.807) is 0 Å². The van der Waals surface area contributed by atoms with E-state index in [-0.39, 0.29) is 25.7 Å². The lowest BCUT2D eigenvalue weighted by Gasteiger charge is -2.21. The van der Waals surface area contributed by atoms with Crippen molar-refractivity contribution in [2.45, 2.75) is 362 Å². The molecule has 0 aliphatic carbocycles. The highest BCUT2D eigenvalue weighted by molar-refractivity contribution is 7.47. The van der Waals surface area contributed by atoms with Crippen LogP contribution in [0.15, 0.2) is 0 Å². The summed E-state index contributed by atoms with van der Waals surface area (Å²) in [6.07, 6.45) is 43.4. The summed E-state index contributed by atoms with van der Waals surface area (Å²) in [5, 5.41) is 10.6. The monoisotopic (exact) mass is 1300 g/mol. The van der Waals surface area contributed by atoms with Gasteiger partial charge in [-0.2, -0.15) is 0 Å². The topological polar surface area (TPSA) is 237 Å². The molecule has 0 aromatic rings. The van der Waals surface area contributed by atoms with Gasteiger partial charge >= 0.3 is 39.5 Å². The second-order valence-electron chi connectivity index (χ2n) is 26.3. The number of aliphatic hydroxyl groups is 1. The molecule has 0 heterocycles. The standard InChI is InChI=1S/C69H134O17P2/c1-8-9-10-11-12-13-14-21-24-27-36-43-50-66(71)79-56-64(85-68(73)52-45-38-28-25-22-19-17-15-16-18-20-23-26-33-40-47-60(2)3)58-83-87(75,76)81-54-63(70)55-82-88(77,78)84-59-65(86-69(74)53-46-39-32-30-35-42-49-62(6)7)57-80-67(72)51-44-37-31-29-34-41-48-61(4)5/h60-65,70H,8-59H2,1-7H3,(H,75,76)(H,77,78)/t63-,64-,65-/m1/s1. The van der Waals surface area contributed by atoms with Crippen LogP contribution < -0.4 is 0 Å². The summed E-state index contributed by atoms with van der Waals surface area (Å²) in [7, 11) is -9.90. The van der Waals surface area contributed by atoms with Crippen LogP contribution in [0.2, 0.25) is 0 Å². The number of rotatable bonds is 67. The zero-order chi connectivity index (χ0) is 65.2. The lowest BCUT2D eigenvalue weighted by molar-refractivity contribution is -0.161. The summed E-state index contributed by atoms with van der Waals surface area (Å²) in [4.78, 5) is 72.4. The first kappa shape index (κ1) is 86.1. The van der Waals surface area contributed by atoms with E-state index in [1.165, 1.54) is 148 Å². The van der Waals surface area contributed by atoms with Crippen LogP contribution in [0.25, 0.3) is 0 Å². The molecule has 0 bridgehead atoms. The molecule has 0 aromatic carbocycles. The first-order valence-electron chi connectivity index (χ1n) is 35.8. The molecule has 0 amide bonds. The SMILES string of the molecule is CCCCCCCCCCCCCCC(=O)OC[C@H](COP(=O)(O)OC[C@@H](O)COP(=O)(O)OC[C@@H](COC(=O)CCCCCCCCC(C)C)OC(=O)CCCCCCCCC(C)C)OC(=O)CCCCCCCCCCCCCCCCCC(C)C. The van der Waals surface area contributed by atoms with Crippen molar-refractivity contribution in [2.75, 3.05) is 39.6 Å². The number of carbonyl (C=O) groups is 4. The van der Waals surface area contributed by atoms with Gasteiger partial charge in [0.15, 0.2) is 12.2 Å². The van der Waals surface area contributed by atoms with Gasteiger partial charge in [0.2, 0.25) is 0 Å². The molecular weight excluding hydrogens is 1160 g/mol. The predicted octanol–water partition coefficient (Wildman–Crippen LogP) is 19.5. The van der Waals surface area contributed by atoms with E-state index in [1.807, 2.05) is 0 Å². The first-order valence-corrected chi connectivity index (χ1v) is 38.8. The van der Waals surface area contributed by atoms with Crippen LogP contribution in [0.1, 0.15) is 344 Å². The number of esters is 4. The molecule has 0 aliphatic heterocycles. The molecule has 0 aliphatic rings. The van der Waals surface area contributed by atoms with E-state index >= 15 is 0 Å². The van der Waals surface area contributed by atoms with Crippen molar-refractivity contribution >= 4 is 39.5 Å². The minimum Gasteiger partial charge on any atom is -0.462 e. The van der Waals surface area contributed by atoms with E-state index in [9.17, 15) is 43.2 Å². The summed E-state index contributed by atoms with van der Waals surface area (Å²) in [5.41, 5.74) is 0. The smallest absolute Gasteiger partial charge is 0.462 e. The zero-order valence-electron chi connectivity index (χ0n) is 57.2. The van der Waals surface area contributed by atoms with E-state index in [0.29, 0.717) is 37.5 Å². The van der Waals surface area contributed by atoms with Gasteiger partial charge < -0.3 is 33.8 Å². The Morgan fingerprint density at radius 2 is 0.523 bits per heavy atom. The number of ether oxygens (including phenoxy) is 4. The molecule has 0 aromatic heterocycles. The third-order valence-corrected chi connectivity index (χ3v) is 17.8. The molecule has 0 spiro atoms. The van der Waals surface area contributed by atoms with Gasteiger partial charge in [-0.15, -0.1) is 0 Å². The average molecular weight is 1300 g/mol. The number of carbonyl (C=O) groups excluding carboxylic acids is 4. The predicted molar refractivity (Wildman–Crippen MR) is 354 cm³/mol. The molecule has 0 radical (unpaired) electrons. The van der Waals surface area contributed by atoms with Crippen molar-refractivity contribution in [1.82, 2.24) is 0 Å². The van der Waals surface area contributed by atoms with Crippen LogP contribution in [0.3, 0.4) is 0 Å². The van der Waals surface area contributed by atoms with Crippen molar-refractivity contribution in [3.05, 3.63) is 0 Å². The number of unbranched alkanes of at least 4 members (excludes halogenated alkanes) is 35. The van der Waals surface area contributed by atoms with E-state index in [4.69, 9.17) is 37.0 Å².